The number of rotatable bonds is 42. The number of ether oxygens (including phenoxy) is 2. The summed E-state index contributed by atoms with van der Waals surface area (Å²) in [7, 11) is 1.14. The van der Waals surface area contributed by atoms with Crippen LogP contribution in [0.4, 0.5) is 0 Å². The number of hydrogen-bond acceptors (Lipinski definition) is 8. The summed E-state index contributed by atoms with van der Waals surface area (Å²) >= 11 is 0. The Hall–Kier alpha value is -1.51. The maximum atomic E-state index is 12.6. The largest absolute Gasteiger partial charge is 0.756 e. The third-order valence-electron chi connectivity index (χ3n) is 9.99. The van der Waals surface area contributed by atoms with E-state index in [0.717, 1.165) is 32.1 Å². The molecule has 0 aromatic carbocycles. The maximum absolute atomic E-state index is 12.6. The molecule has 0 radical (unpaired) electrons. The van der Waals surface area contributed by atoms with Crippen molar-refractivity contribution in [3.8, 4) is 0 Å². The smallest absolute Gasteiger partial charge is 0.306 e. The Kier molecular flexibility index (Phi) is 37.9. The lowest BCUT2D eigenvalue weighted by molar-refractivity contribution is -0.870. The van der Waals surface area contributed by atoms with Crippen LogP contribution in [-0.2, 0) is 32.7 Å². The predicted octanol–water partition coefficient (Wildman–Crippen LogP) is 12.5. The van der Waals surface area contributed by atoms with Gasteiger partial charge in [0.15, 0.2) is 6.10 Å². The van der Waals surface area contributed by atoms with Crippen molar-refractivity contribution >= 4 is 19.8 Å². The molecule has 0 rings (SSSR count). The first-order valence-electron chi connectivity index (χ1n) is 23.0. The SMILES string of the molecule is CCCCCCCCCC/C=C\C/C=C\CCC(=O)OC(COC(=O)CCCCCCCCCCCCCCCCCCC)COP(=O)([O-])OCC[N+](C)(C)C. The minimum atomic E-state index is -4.63. The molecule has 2 atom stereocenters. The van der Waals surface area contributed by atoms with Crippen molar-refractivity contribution in [3.05, 3.63) is 24.3 Å². The van der Waals surface area contributed by atoms with E-state index in [1.165, 1.54) is 141 Å². The van der Waals surface area contributed by atoms with Gasteiger partial charge in [0.2, 0.25) is 0 Å². The predicted molar refractivity (Wildman–Crippen MR) is 231 cm³/mol. The Balaban J connectivity index is 4.37. The quantitative estimate of drug-likeness (QED) is 0.0197. The molecule has 0 aromatic heterocycles. The van der Waals surface area contributed by atoms with E-state index < -0.39 is 32.5 Å². The lowest BCUT2D eigenvalue weighted by Gasteiger charge is -2.28. The first kappa shape index (κ1) is 54.5. The minimum absolute atomic E-state index is 0.0379. The van der Waals surface area contributed by atoms with Gasteiger partial charge in [0.1, 0.15) is 19.8 Å². The lowest BCUT2D eigenvalue weighted by Crippen LogP contribution is -2.37. The number of unbranched alkanes of at least 4 members (excludes halogenated alkanes) is 24. The van der Waals surface area contributed by atoms with Gasteiger partial charge in [0, 0.05) is 12.8 Å². The van der Waals surface area contributed by atoms with Crippen molar-refractivity contribution in [2.45, 2.75) is 213 Å². The normalized spacial score (nSPS) is 13.8. The highest BCUT2D eigenvalue weighted by Gasteiger charge is 2.21. The summed E-state index contributed by atoms with van der Waals surface area (Å²) in [6, 6.07) is 0. The molecule has 0 saturated heterocycles. The molecule has 9 nitrogen and oxygen atoms in total. The molecule has 56 heavy (non-hydrogen) atoms. The van der Waals surface area contributed by atoms with Crippen LogP contribution in [0, 0.1) is 0 Å². The van der Waals surface area contributed by atoms with Crippen LogP contribution in [0.15, 0.2) is 24.3 Å². The number of esters is 2. The zero-order valence-corrected chi connectivity index (χ0v) is 38.0. The maximum Gasteiger partial charge on any atom is 0.306 e. The topological polar surface area (TPSA) is 111 Å². The third kappa shape index (κ3) is 42.1. The Bertz CT molecular complexity index is 1010. The molecule has 0 spiro atoms. The minimum Gasteiger partial charge on any atom is -0.756 e. The second-order valence-electron chi connectivity index (χ2n) is 16.8. The summed E-state index contributed by atoms with van der Waals surface area (Å²) in [4.78, 5) is 37.5. The number of hydrogen-bond donors (Lipinski definition) is 0. The first-order chi connectivity index (χ1) is 27.0. The second kappa shape index (κ2) is 39.0. The molecule has 2 unspecified atom stereocenters. The van der Waals surface area contributed by atoms with Crippen molar-refractivity contribution in [2.75, 3.05) is 47.5 Å². The monoisotopic (exact) mass is 814 g/mol. The average Bonchev–Trinajstić information content (AvgIpc) is 3.15. The molecule has 10 heteroatoms. The van der Waals surface area contributed by atoms with E-state index in [1.807, 2.05) is 33.3 Å². The zero-order valence-electron chi connectivity index (χ0n) is 37.1. The summed E-state index contributed by atoms with van der Waals surface area (Å²) < 4.78 is 33.8. The summed E-state index contributed by atoms with van der Waals surface area (Å²) in [6.07, 6.45) is 42.2. The first-order valence-corrected chi connectivity index (χ1v) is 24.5. The van der Waals surface area contributed by atoms with Crippen LogP contribution in [0.3, 0.4) is 0 Å². The van der Waals surface area contributed by atoms with Gasteiger partial charge in [-0.3, -0.25) is 14.2 Å². The van der Waals surface area contributed by atoms with Gasteiger partial charge in [-0.1, -0.05) is 186 Å². The van der Waals surface area contributed by atoms with Gasteiger partial charge in [-0.15, -0.1) is 0 Å². The van der Waals surface area contributed by atoms with Gasteiger partial charge in [0.25, 0.3) is 7.82 Å². The van der Waals surface area contributed by atoms with Gasteiger partial charge in [-0.25, -0.2) is 0 Å². The Morgan fingerprint density at radius 1 is 0.554 bits per heavy atom. The van der Waals surface area contributed by atoms with Gasteiger partial charge < -0.3 is 27.9 Å². The van der Waals surface area contributed by atoms with Crippen molar-refractivity contribution in [2.24, 2.45) is 0 Å². The zero-order chi connectivity index (χ0) is 41.4. The van der Waals surface area contributed by atoms with E-state index in [1.54, 1.807) is 0 Å². The Morgan fingerprint density at radius 3 is 1.48 bits per heavy atom. The van der Waals surface area contributed by atoms with E-state index in [9.17, 15) is 19.0 Å². The fraction of sp³-hybridized carbons (Fsp3) is 0.870. The van der Waals surface area contributed by atoms with E-state index in [0.29, 0.717) is 17.4 Å². The fourth-order valence-corrected chi connectivity index (χ4v) is 7.08. The van der Waals surface area contributed by atoms with Crippen LogP contribution in [0.25, 0.3) is 0 Å². The molecule has 0 heterocycles. The number of phosphoric acid groups is 1. The van der Waals surface area contributed by atoms with Gasteiger partial charge in [0.05, 0.1) is 27.7 Å². The number of likely N-dealkylation sites (N-methyl/N-ethyl adjacent to an activating group) is 1. The molecule has 0 fully saturated rings. The molecule has 330 valence electrons. The number of phosphoric ester groups is 1. The van der Waals surface area contributed by atoms with Gasteiger partial charge in [-0.2, -0.15) is 0 Å². The van der Waals surface area contributed by atoms with Crippen LogP contribution in [0.1, 0.15) is 206 Å². The Morgan fingerprint density at radius 2 is 1.00 bits per heavy atom. The second-order valence-corrected chi connectivity index (χ2v) is 18.2. The summed E-state index contributed by atoms with van der Waals surface area (Å²) in [5.74, 6) is -0.903. The van der Waals surface area contributed by atoms with E-state index in [2.05, 4.69) is 26.0 Å². The molecule has 0 bridgehead atoms. The van der Waals surface area contributed by atoms with Gasteiger partial charge in [-0.05, 0) is 32.1 Å². The summed E-state index contributed by atoms with van der Waals surface area (Å²) in [5.41, 5.74) is 0. The number of nitrogens with zero attached hydrogens (tertiary/aromatic N) is 1. The van der Waals surface area contributed by atoms with Crippen LogP contribution in [-0.4, -0.2) is 70.0 Å². The molecule has 0 saturated carbocycles. The van der Waals surface area contributed by atoms with Crippen LogP contribution in [0.2, 0.25) is 0 Å². The highest BCUT2D eigenvalue weighted by molar-refractivity contribution is 7.45. The van der Waals surface area contributed by atoms with Crippen molar-refractivity contribution in [1.82, 2.24) is 0 Å². The number of allylic oxidation sites excluding steroid dienone is 4. The summed E-state index contributed by atoms with van der Waals surface area (Å²) in [6.45, 7) is 4.18. The van der Waals surface area contributed by atoms with Crippen LogP contribution in [0.5, 0.6) is 0 Å². The van der Waals surface area contributed by atoms with E-state index in [-0.39, 0.29) is 26.1 Å². The van der Waals surface area contributed by atoms with Crippen LogP contribution >= 0.6 is 7.82 Å². The molecule has 0 aliphatic carbocycles. The number of quaternary nitrogens is 1. The number of carbonyl (C=O) groups excluding carboxylic acids is 2. The molecule has 0 N–H and O–H groups in total. The standard InChI is InChI=1S/C46H88NO8P/c1-6-8-10-12-14-16-18-20-22-23-25-26-28-30-32-34-36-38-45(48)52-42-44(43-54-56(50,51)53-41-40-47(3,4)5)55-46(49)39-37-35-33-31-29-27-24-21-19-17-15-13-11-9-7-2/h27,29,33,35,44H,6-26,28,30-32,34,36-43H2,1-5H3/b29-27-,35-33-. The van der Waals surface area contributed by atoms with Gasteiger partial charge >= 0.3 is 11.9 Å². The fourth-order valence-electron chi connectivity index (χ4n) is 6.36. The molecule has 0 aromatic rings. The molecule has 0 aliphatic rings. The number of carbonyl (C=O) groups is 2. The lowest BCUT2D eigenvalue weighted by atomic mass is 10.0. The third-order valence-corrected chi connectivity index (χ3v) is 11.0. The molecule has 0 aliphatic heterocycles. The molecular weight excluding hydrogens is 725 g/mol. The van der Waals surface area contributed by atoms with Crippen molar-refractivity contribution in [3.63, 3.8) is 0 Å². The van der Waals surface area contributed by atoms with E-state index in [4.69, 9.17) is 18.5 Å². The highest BCUT2D eigenvalue weighted by atomic mass is 31.2. The summed E-state index contributed by atoms with van der Waals surface area (Å²) in [5, 5.41) is 0. The van der Waals surface area contributed by atoms with Crippen molar-refractivity contribution in [1.29, 1.82) is 0 Å². The molecule has 0 amide bonds. The van der Waals surface area contributed by atoms with Crippen LogP contribution < -0.4 is 4.89 Å². The molecular formula is C46H88NO8P. The highest BCUT2D eigenvalue weighted by Crippen LogP contribution is 2.38. The Labute approximate surface area is 345 Å². The average molecular weight is 814 g/mol. The van der Waals surface area contributed by atoms with E-state index >= 15 is 0 Å². The van der Waals surface area contributed by atoms with Crippen molar-refractivity contribution < 1.29 is 42.1 Å².